The minimum Gasteiger partial charge on any atom is -0.495 e. The maximum absolute atomic E-state index is 12.4. The first-order valence-corrected chi connectivity index (χ1v) is 11.0. The SMILES string of the molecule is COc1ccccc1Nc1nc(N)nc(COC(=O)CNC(=O)c2ccc(-c3ccccc3)cc2)n1. The fourth-order valence-electron chi connectivity index (χ4n) is 3.32. The predicted octanol–water partition coefficient (Wildman–Crippen LogP) is 3.35. The first-order valence-electron chi connectivity index (χ1n) is 11.0. The van der Waals surface area contributed by atoms with Gasteiger partial charge in [0.2, 0.25) is 11.9 Å². The van der Waals surface area contributed by atoms with E-state index in [0.29, 0.717) is 17.0 Å². The number of rotatable bonds is 9. The average molecular weight is 485 g/mol. The van der Waals surface area contributed by atoms with E-state index in [1.165, 1.54) is 0 Å². The lowest BCUT2D eigenvalue weighted by atomic mass is 10.0. The average Bonchev–Trinajstić information content (AvgIpc) is 2.91. The number of ether oxygens (including phenoxy) is 2. The Morgan fingerprint density at radius 2 is 1.56 bits per heavy atom. The van der Waals surface area contributed by atoms with Crippen LogP contribution in [0.3, 0.4) is 0 Å². The number of carbonyl (C=O) groups is 2. The van der Waals surface area contributed by atoms with Gasteiger partial charge in [-0.2, -0.15) is 15.0 Å². The van der Waals surface area contributed by atoms with Crippen molar-refractivity contribution in [1.82, 2.24) is 20.3 Å². The fraction of sp³-hybridized carbons (Fsp3) is 0.115. The second kappa shape index (κ2) is 11.4. The number of hydrogen-bond acceptors (Lipinski definition) is 9. The summed E-state index contributed by atoms with van der Waals surface area (Å²) in [5.41, 5.74) is 8.87. The molecule has 10 nitrogen and oxygen atoms in total. The van der Waals surface area contributed by atoms with Gasteiger partial charge in [0, 0.05) is 5.56 Å². The van der Waals surface area contributed by atoms with E-state index in [4.69, 9.17) is 15.2 Å². The molecule has 0 aliphatic rings. The first kappa shape index (κ1) is 24.1. The van der Waals surface area contributed by atoms with E-state index in [0.717, 1.165) is 11.1 Å². The highest BCUT2D eigenvalue weighted by Gasteiger charge is 2.12. The zero-order valence-electron chi connectivity index (χ0n) is 19.5. The van der Waals surface area contributed by atoms with Crippen LogP contribution in [0.4, 0.5) is 17.6 Å². The summed E-state index contributed by atoms with van der Waals surface area (Å²) in [6.07, 6.45) is 0. The summed E-state index contributed by atoms with van der Waals surface area (Å²) < 4.78 is 10.5. The van der Waals surface area contributed by atoms with E-state index in [9.17, 15) is 9.59 Å². The molecule has 0 aliphatic carbocycles. The van der Waals surface area contributed by atoms with Gasteiger partial charge in [0.05, 0.1) is 12.8 Å². The minimum atomic E-state index is -0.650. The van der Waals surface area contributed by atoms with Crippen molar-refractivity contribution < 1.29 is 19.1 Å². The molecule has 1 heterocycles. The van der Waals surface area contributed by atoms with Gasteiger partial charge in [-0.25, -0.2) is 0 Å². The van der Waals surface area contributed by atoms with Crippen LogP contribution in [0.1, 0.15) is 16.2 Å². The summed E-state index contributed by atoms with van der Waals surface area (Å²) in [6, 6.07) is 24.1. The van der Waals surface area contributed by atoms with Crippen LogP contribution < -0.4 is 21.1 Å². The number of methoxy groups -OCH3 is 1. The van der Waals surface area contributed by atoms with Crippen LogP contribution in [0.5, 0.6) is 5.75 Å². The van der Waals surface area contributed by atoms with E-state index in [-0.39, 0.29) is 36.8 Å². The van der Waals surface area contributed by atoms with Crippen molar-refractivity contribution in [2.45, 2.75) is 6.61 Å². The second-order valence-corrected chi connectivity index (χ2v) is 7.55. The smallest absolute Gasteiger partial charge is 0.325 e. The first-order chi connectivity index (χ1) is 17.5. The van der Waals surface area contributed by atoms with E-state index in [1.807, 2.05) is 54.6 Å². The number of aromatic nitrogens is 3. The highest BCUT2D eigenvalue weighted by Crippen LogP contribution is 2.25. The molecule has 0 saturated carbocycles. The van der Waals surface area contributed by atoms with E-state index in [2.05, 4.69) is 25.6 Å². The summed E-state index contributed by atoms with van der Waals surface area (Å²) >= 11 is 0. The molecule has 0 fully saturated rings. The number of para-hydroxylation sites is 2. The summed E-state index contributed by atoms with van der Waals surface area (Å²) in [7, 11) is 1.55. The van der Waals surface area contributed by atoms with Gasteiger partial charge < -0.3 is 25.8 Å². The van der Waals surface area contributed by atoms with Gasteiger partial charge in [-0.05, 0) is 35.4 Å². The third-order valence-corrected chi connectivity index (χ3v) is 5.06. The normalized spacial score (nSPS) is 10.4. The number of anilines is 3. The molecule has 3 aromatic carbocycles. The van der Waals surface area contributed by atoms with Gasteiger partial charge in [0.15, 0.2) is 12.4 Å². The molecule has 4 aromatic rings. The molecule has 0 saturated heterocycles. The van der Waals surface area contributed by atoms with Gasteiger partial charge in [-0.1, -0.05) is 54.6 Å². The Morgan fingerprint density at radius 1 is 0.861 bits per heavy atom. The quantitative estimate of drug-likeness (QED) is 0.305. The van der Waals surface area contributed by atoms with E-state index in [1.54, 1.807) is 31.4 Å². The largest absolute Gasteiger partial charge is 0.495 e. The Bertz CT molecular complexity index is 1350. The molecular formula is C26H24N6O4. The molecule has 0 bridgehead atoms. The van der Waals surface area contributed by atoms with Gasteiger partial charge in [-0.15, -0.1) is 0 Å². The lowest BCUT2D eigenvalue weighted by Crippen LogP contribution is -2.30. The third-order valence-electron chi connectivity index (χ3n) is 5.06. The summed E-state index contributed by atoms with van der Waals surface area (Å²) in [5, 5.41) is 5.54. The van der Waals surface area contributed by atoms with E-state index >= 15 is 0 Å². The molecule has 0 spiro atoms. The van der Waals surface area contributed by atoms with Gasteiger partial charge in [0.1, 0.15) is 12.3 Å². The van der Waals surface area contributed by atoms with Crippen LogP contribution in [0.2, 0.25) is 0 Å². The van der Waals surface area contributed by atoms with Crippen LogP contribution in [0, 0.1) is 0 Å². The van der Waals surface area contributed by atoms with Crippen molar-refractivity contribution in [2.75, 3.05) is 24.7 Å². The molecule has 10 heteroatoms. The Morgan fingerprint density at radius 3 is 2.31 bits per heavy atom. The number of nitrogens with two attached hydrogens (primary N) is 1. The number of benzene rings is 3. The monoisotopic (exact) mass is 484 g/mol. The Balaban J connectivity index is 1.29. The maximum Gasteiger partial charge on any atom is 0.325 e. The number of nitrogen functional groups attached to an aromatic ring is 1. The number of nitrogens with one attached hydrogen (secondary N) is 2. The number of esters is 1. The van der Waals surface area contributed by atoms with Crippen molar-refractivity contribution in [1.29, 1.82) is 0 Å². The van der Waals surface area contributed by atoms with Crippen molar-refractivity contribution in [3.05, 3.63) is 90.3 Å². The Labute approximate surface area is 207 Å². The second-order valence-electron chi connectivity index (χ2n) is 7.55. The molecule has 4 N–H and O–H groups in total. The summed E-state index contributed by atoms with van der Waals surface area (Å²) in [6.45, 7) is -0.556. The minimum absolute atomic E-state index is 0.0410. The zero-order chi connectivity index (χ0) is 25.3. The molecule has 0 unspecified atom stereocenters. The molecular weight excluding hydrogens is 460 g/mol. The topological polar surface area (TPSA) is 141 Å². The predicted molar refractivity (Wildman–Crippen MR) is 135 cm³/mol. The van der Waals surface area contributed by atoms with Crippen molar-refractivity contribution in [2.24, 2.45) is 0 Å². The Hall–Kier alpha value is -4.99. The van der Waals surface area contributed by atoms with Crippen molar-refractivity contribution in [3.8, 4) is 16.9 Å². The van der Waals surface area contributed by atoms with E-state index < -0.39 is 5.97 Å². The van der Waals surface area contributed by atoms with Crippen LogP contribution in [-0.4, -0.2) is 40.5 Å². The number of nitrogens with zero attached hydrogens (tertiary/aromatic N) is 3. The molecule has 4 rings (SSSR count). The highest BCUT2D eigenvalue weighted by molar-refractivity contribution is 5.96. The number of amides is 1. The molecule has 1 amide bonds. The zero-order valence-corrected chi connectivity index (χ0v) is 19.5. The Kier molecular flexibility index (Phi) is 7.66. The lowest BCUT2D eigenvalue weighted by Gasteiger charge is -2.11. The van der Waals surface area contributed by atoms with Gasteiger partial charge in [0.25, 0.3) is 5.91 Å². The third kappa shape index (κ3) is 6.32. The fourth-order valence-corrected chi connectivity index (χ4v) is 3.32. The molecule has 182 valence electrons. The van der Waals surface area contributed by atoms with Crippen molar-refractivity contribution >= 4 is 29.5 Å². The van der Waals surface area contributed by atoms with Crippen LogP contribution in [-0.2, 0) is 16.1 Å². The summed E-state index contributed by atoms with van der Waals surface area (Å²) in [4.78, 5) is 36.8. The standard InChI is InChI=1S/C26H24N6O4/c1-35-21-10-6-5-9-20(21)29-26-31-22(30-25(27)32-26)16-36-23(33)15-28-24(34)19-13-11-18(12-14-19)17-7-3-2-4-8-17/h2-14H,15-16H2,1H3,(H,28,34)(H3,27,29,30,31,32). The molecule has 0 radical (unpaired) electrons. The molecule has 0 aliphatic heterocycles. The van der Waals surface area contributed by atoms with Crippen LogP contribution >= 0.6 is 0 Å². The molecule has 0 atom stereocenters. The summed E-state index contributed by atoms with van der Waals surface area (Å²) in [5.74, 6) is -0.168. The molecule has 36 heavy (non-hydrogen) atoms. The van der Waals surface area contributed by atoms with Gasteiger partial charge >= 0.3 is 5.97 Å². The lowest BCUT2D eigenvalue weighted by molar-refractivity contribution is -0.143. The number of hydrogen-bond donors (Lipinski definition) is 3. The van der Waals surface area contributed by atoms with Crippen LogP contribution in [0.25, 0.3) is 11.1 Å². The highest BCUT2D eigenvalue weighted by atomic mass is 16.5. The van der Waals surface area contributed by atoms with Crippen molar-refractivity contribution in [3.63, 3.8) is 0 Å². The molecule has 1 aromatic heterocycles. The maximum atomic E-state index is 12.4. The van der Waals surface area contributed by atoms with Crippen LogP contribution in [0.15, 0.2) is 78.9 Å². The number of carbonyl (C=O) groups excluding carboxylic acids is 2. The van der Waals surface area contributed by atoms with Gasteiger partial charge in [-0.3, -0.25) is 9.59 Å².